The predicted octanol–water partition coefficient (Wildman–Crippen LogP) is 3.81. The molecule has 1 saturated heterocycles. The Kier molecular flexibility index (Phi) is 4.50. The fourth-order valence-corrected chi connectivity index (χ4v) is 3.52. The number of carbonyl (C=O) groups is 1. The van der Waals surface area contributed by atoms with E-state index in [1.807, 2.05) is 36.3 Å². The van der Waals surface area contributed by atoms with Crippen molar-refractivity contribution in [3.63, 3.8) is 0 Å². The molecule has 0 N–H and O–H groups in total. The monoisotopic (exact) mass is 333 g/mol. The lowest BCUT2D eigenvalue weighted by molar-refractivity contribution is -0.154. The van der Waals surface area contributed by atoms with Crippen LogP contribution in [0.3, 0.4) is 0 Å². The van der Waals surface area contributed by atoms with Crippen LogP contribution in [0.4, 0.5) is 4.39 Å². The summed E-state index contributed by atoms with van der Waals surface area (Å²) in [5.74, 6) is -0.164. The predicted molar refractivity (Wildman–Crippen MR) is 88.9 cm³/mol. The minimum absolute atomic E-state index is 0.105. The van der Waals surface area contributed by atoms with Gasteiger partial charge in [0.2, 0.25) is 5.91 Å². The van der Waals surface area contributed by atoms with E-state index in [9.17, 15) is 9.18 Å². The van der Waals surface area contributed by atoms with E-state index < -0.39 is 0 Å². The van der Waals surface area contributed by atoms with E-state index in [4.69, 9.17) is 4.74 Å². The Morgan fingerprint density at radius 2 is 2.09 bits per heavy atom. The molecular formula is C18H20FNO2S. The van der Waals surface area contributed by atoms with Crippen molar-refractivity contribution in [1.29, 1.82) is 0 Å². The quantitative estimate of drug-likeness (QED) is 0.855. The number of hydrogen-bond donors (Lipinski definition) is 0. The summed E-state index contributed by atoms with van der Waals surface area (Å²) in [5.41, 5.74) is 0.557. The highest BCUT2D eigenvalue weighted by Crippen LogP contribution is 2.31. The highest BCUT2D eigenvalue weighted by molar-refractivity contribution is 7.10. The van der Waals surface area contributed by atoms with Crippen molar-refractivity contribution in [2.75, 3.05) is 13.2 Å². The number of rotatable bonds is 3. The van der Waals surface area contributed by atoms with Crippen molar-refractivity contribution in [3.8, 4) is 0 Å². The first-order valence-electron chi connectivity index (χ1n) is 7.66. The lowest BCUT2D eigenvalue weighted by atomic mass is 9.97. The summed E-state index contributed by atoms with van der Waals surface area (Å²) in [6.45, 7) is 4.98. The standard InChI is InChI=1S/C18H20FNO2S/c1-18(2)12-22-16(13-5-7-14(19)8-6-13)11-20(18)17(21)10-15-4-3-9-23-15/h3-9,16H,10-12H2,1-2H3. The zero-order valence-electron chi connectivity index (χ0n) is 13.3. The molecule has 122 valence electrons. The zero-order valence-corrected chi connectivity index (χ0v) is 14.1. The fraction of sp³-hybridized carbons (Fsp3) is 0.389. The molecule has 3 nitrogen and oxygen atoms in total. The van der Waals surface area contributed by atoms with Gasteiger partial charge < -0.3 is 9.64 Å². The molecule has 1 aromatic heterocycles. The third kappa shape index (κ3) is 3.62. The minimum atomic E-state index is -0.342. The van der Waals surface area contributed by atoms with Gasteiger partial charge in [-0.25, -0.2) is 4.39 Å². The van der Waals surface area contributed by atoms with Crippen LogP contribution in [0, 0.1) is 5.82 Å². The van der Waals surface area contributed by atoms with Crippen LogP contribution in [-0.4, -0.2) is 29.5 Å². The van der Waals surface area contributed by atoms with Gasteiger partial charge in [-0.05, 0) is 43.0 Å². The molecule has 0 radical (unpaired) electrons. The van der Waals surface area contributed by atoms with Crippen LogP contribution < -0.4 is 0 Å². The van der Waals surface area contributed by atoms with Crippen LogP contribution in [0.5, 0.6) is 0 Å². The molecule has 0 spiro atoms. The molecule has 23 heavy (non-hydrogen) atoms. The fourth-order valence-electron chi connectivity index (χ4n) is 2.82. The third-order valence-electron chi connectivity index (χ3n) is 4.17. The molecule has 1 aliphatic rings. The molecule has 1 aromatic carbocycles. The van der Waals surface area contributed by atoms with Gasteiger partial charge in [0, 0.05) is 4.88 Å². The van der Waals surface area contributed by atoms with Gasteiger partial charge in [0.25, 0.3) is 0 Å². The number of amides is 1. The van der Waals surface area contributed by atoms with Crippen LogP contribution >= 0.6 is 11.3 Å². The topological polar surface area (TPSA) is 29.5 Å². The SMILES string of the molecule is CC1(C)COC(c2ccc(F)cc2)CN1C(=O)Cc1cccs1. The Hall–Kier alpha value is -1.72. The zero-order chi connectivity index (χ0) is 16.4. The van der Waals surface area contributed by atoms with Crippen LogP contribution in [0.1, 0.15) is 30.4 Å². The van der Waals surface area contributed by atoms with Gasteiger partial charge in [-0.15, -0.1) is 11.3 Å². The smallest absolute Gasteiger partial charge is 0.228 e. The minimum Gasteiger partial charge on any atom is -0.369 e. The van der Waals surface area contributed by atoms with Crippen molar-refractivity contribution in [1.82, 2.24) is 4.90 Å². The lowest BCUT2D eigenvalue weighted by Crippen LogP contribution is -2.56. The largest absolute Gasteiger partial charge is 0.369 e. The first kappa shape index (κ1) is 16.1. The van der Waals surface area contributed by atoms with E-state index in [0.717, 1.165) is 10.4 Å². The van der Waals surface area contributed by atoms with E-state index in [0.29, 0.717) is 19.6 Å². The van der Waals surface area contributed by atoms with E-state index in [-0.39, 0.29) is 23.4 Å². The molecule has 1 fully saturated rings. The maximum Gasteiger partial charge on any atom is 0.228 e. The van der Waals surface area contributed by atoms with Gasteiger partial charge in [-0.2, -0.15) is 0 Å². The molecule has 1 amide bonds. The van der Waals surface area contributed by atoms with Gasteiger partial charge in [0.05, 0.1) is 25.1 Å². The molecule has 1 unspecified atom stereocenters. The first-order valence-corrected chi connectivity index (χ1v) is 8.53. The highest BCUT2D eigenvalue weighted by Gasteiger charge is 2.38. The molecular weight excluding hydrogens is 313 g/mol. The molecule has 5 heteroatoms. The number of benzene rings is 1. The summed E-state index contributed by atoms with van der Waals surface area (Å²) in [4.78, 5) is 15.7. The van der Waals surface area contributed by atoms with E-state index in [1.54, 1.807) is 23.5 Å². The van der Waals surface area contributed by atoms with Crippen molar-refractivity contribution in [2.45, 2.75) is 31.9 Å². The van der Waals surface area contributed by atoms with E-state index in [2.05, 4.69) is 0 Å². The van der Waals surface area contributed by atoms with Crippen molar-refractivity contribution in [3.05, 3.63) is 58.0 Å². The second-order valence-corrected chi connectivity index (χ2v) is 7.46. The molecule has 2 heterocycles. The molecule has 3 rings (SSSR count). The van der Waals surface area contributed by atoms with Gasteiger partial charge in [-0.3, -0.25) is 4.79 Å². The number of halogens is 1. The Labute approximate surface area is 139 Å². The number of carbonyl (C=O) groups excluding carboxylic acids is 1. The molecule has 0 bridgehead atoms. The van der Waals surface area contributed by atoms with Crippen LogP contribution in [0.15, 0.2) is 41.8 Å². The Morgan fingerprint density at radius 1 is 1.35 bits per heavy atom. The molecule has 0 aliphatic carbocycles. The average Bonchev–Trinajstić information content (AvgIpc) is 3.01. The maximum atomic E-state index is 13.1. The molecule has 2 aromatic rings. The Morgan fingerprint density at radius 3 is 2.74 bits per heavy atom. The van der Waals surface area contributed by atoms with Gasteiger partial charge in [0.15, 0.2) is 0 Å². The Bertz CT molecular complexity index is 667. The summed E-state index contributed by atoms with van der Waals surface area (Å²) < 4.78 is 19.0. The van der Waals surface area contributed by atoms with Crippen LogP contribution in [-0.2, 0) is 16.0 Å². The summed E-state index contributed by atoms with van der Waals surface area (Å²) in [7, 11) is 0. The number of thiophene rings is 1. The van der Waals surface area contributed by atoms with Gasteiger partial charge >= 0.3 is 0 Å². The summed E-state index contributed by atoms with van der Waals surface area (Å²) >= 11 is 1.59. The summed E-state index contributed by atoms with van der Waals surface area (Å²) in [6.07, 6.45) is 0.202. The molecule has 1 atom stereocenters. The maximum absolute atomic E-state index is 13.1. The number of morpholine rings is 1. The van der Waals surface area contributed by atoms with Crippen molar-refractivity contribution >= 4 is 17.2 Å². The lowest BCUT2D eigenvalue weighted by Gasteiger charge is -2.45. The highest BCUT2D eigenvalue weighted by atomic mass is 32.1. The number of nitrogens with zero attached hydrogens (tertiary/aromatic N) is 1. The van der Waals surface area contributed by atoms with Gasteiger partial charge in [-0.1, -0.05) is 18.2 Å². The van der Waals surface area contributed by atoms with E-state index in [1.165, 1.54) is 12.1 Å². The average molecular weight is 333 g/mol. The van der Waals surface area contributed by atoms with Gasteiger partial charge in [0.1, 0.15) is 11.9 Å². The van der Waals surface area contributed by atoms with Crippen LogP contribution in [0.2, 0.25) is 0 Å². The second-order valence-electron chi connectivity index (χ2n) is 6.42. The van der Waals surface area contributed by atoms with Crippen LogP contribution in [0.25, 0.3) is 0 Å². The summed E-state index contributed by atoms with van der Waals surface area (Å²) in [5, 5.41) is 1.98. The second kappa shape index (κ2) is 6.42. The normalized spacial score (nSPS) is 20.5. The van der Waals surface area contributed by atoms with E-state index >= 15 is 0 Å². The number of ether oxygens (including phenoxy) is 1. The first-order chi connectivity index (χ1) is 11.0. The molecule has 0 saturated carbocycles. The summed E-state index contributed by atoms with van der Waals surface area (Å²) in [6, 6.07) is 10.2. The van der Waals surface area contributed by atoms with Crippen molar-refractivity contribution in [2.24, 2.45) is 0 Å². The molecule has 1 aliphatic heterocycles. The third-order valence-corrected chi connectivity index (χ3v) is 5.04. The number of hydrogen-bond acceptors (Lipinski definition) is 3. The van der Waals surface area contributed by atoms with Crippen molar-refractivity contribution < 1.29 is 13.9 Å². The Balaban J connectivity index is 1.76.